The molecule has 2 atom stereocenters. The summed E-state index contributed by atoms with van der Waals surface area (Å²) >= 11 is 0. The van der Waals surface area contributed by atoms with Gasteiger partial charge in [0.05, 0.1) is 5.56 Å². The number of aromatic amines is 1. The Kier molecular flexibility index (Phi) is 2.57. The van der Waals surface area contributed by atoms with E-state index in [1.807, 2.05) is 0 Å². The van der Waals surface area contributed by atoms with Gasteiger partial charge >= 0.3 is 0 Å². The first-order valence-electron chi connectivity index (χ1n) is 5.21. The van der Waals surface area contributed by atoms with Crippen LogP contribution in [-0.4, -0.2) is 16.9 Å². The maximum absolute atomic E-state index is 11.7. The lowest BCUT2D eigenvalue weighted by Gasteiger charge is -2.16. The molecule has 2 unspecified atom stereocenters. The van der Waals surface area contributed by atoms with Gasteiger partial charge in [-0.2, -0.15) is 0 Å². The normalized spacial score (nSPS) is 26.4. The van der Waals surface area contributed by atoms with Crippen LogP contribution in [0.1, 0.15) is 36.5 Å². The van der Waals surface area contributed by atoms with Crippen LogP contribution in [-0.2, 0) is 0 Å². The number of aromatic nitrogens is 1. The topological polar surface area (TPSA) is 44.9 Å². The number of amides is 1. The van der Waals surface area contributed by atoms with Crippen molar-refractivity contribution in [2.45, 2.75) is 32.2 Å². The zero-order valence-corrected chi connectivity index (χ0v) is 8.42. The number of rotatable bonds is 2. The summed E-state index contributed by atoms with van der Waals surface area (Å²) in [5.74, 6) is 0.669. The number of carbonyl (C=O) groups excluding carboxylic acids is 1. The van der Waals surface area contributed by atoms with Gasteiger partial charge in [0.2, 0.25) is 0 Å². The summed E-state index contributed by atoms with van der Waals surface area (Å²) in [5.41, 5.74) is 0.726. The van der Waals surface area contributed by atoms with E-state index in [1.54, 1.807) is 18.5 Å². The van der Waals surface area contributed by atoms with Crippen molar-refractivity contribution in [3.63, 3.8) is 0 Å². The lowest BCUT2D eigenvalue weighted by molar-refractivity contribution is 0.0930. The van der Waals surface area contributed by atoms with E-state index in [0.717, 1.165) is 12.0 Å². The monoisotopic (exact) mass is 192 g/mol. The number of carbonyl (C=O) groups is 1. The quantitative estimate of drug-likeness (QED) is 0.739. The highest BCUT2D eigenvalue weighted by atomic mass is 16.1. The summed E-state index contributed by atoms with van der Waals surface area (Å²) in [5, 5.41) is 3.07. The first kappa shape index (κ1) is 9.31. The molecule has 1 amide bonds. The van der Waals surface area contributed by atoms with Crippen molar-refractivity contribution >= 4 is 5.91 Å². The summed E-state index contributed by atoms with van der Waals surface area (Å²) in [6.07, 6.45) is 7.09. The van der Waals surface area contributed by atoms with Crippen molar-refractivity contribution in [1.82, 2.24) is 10.3 Å². The molecule has 1 heterocycles. The van der Waals surface area contributed by atoms with Crippen LogP contribution in [0, 0.1) is 5.92 Å². The Balaban J connectivity index is 1.95. The van der Waals surface area contributed by atoms with Gasteiger partial charge in [-0.3, -0.25) is 4.79 Å². The van der Waals surface area contributed by atoms with Crippen molar-refractivity contribution in [1.29, 1.82) is 0 Å². The molecule has 1 aromatic heterocycles. The molecule has 1 fully saturated rings. The molecule has 1 aromatic rings. The molecule has 0 saturated heterocycles. The van der Waals surface area contributed by atoms with Gasteiger partial charge < -0.3 is 10.3 Å². The predicted molar refractivity (Wildman–Crippen MR) is 55.1 cm³/mol. The predicted octanol–water partition coefficient (Wildman–Crippen LogP) is 1.93. The van der Waals surface area contributed by atoms with Crippen LogP contribution in [0.2, 0.25) is 0 Å². The van der Waals surface area contributed by atoms with Gasteiger partial charge in [0.25, 0.3) is 5.91 Å². The van der Waals surface area contributed by atoms with Crippen molar-refractivity contribution < 1.29 is 4.79 Å². The minimum absolute atomic E-state index is 0.0463. The fourth-order valence-corrected chi connectivity index (χ4v) is 2.08. The Morgan fingerprint density at radius 1 is 1.57 bits per heavy atom. The van der Waals surface area contributed by atoms with E-state index < -0.39 is 0 Å². The minimum Gasteiger partial charge on any atom is -0.367 e. The van der Waals surface area contributed by atoms with E-state index in [-0.39, 0.29) is 5.91 Å². The molecule has 1 saturated carbocycles. The van der Waals surface area contributed by atoms with Gasteiger partial charge in [-0.05, 0) is 24.8 Å². The van der Waals surface area contributed by atoms with Gasteiger partial charge in [-0.15, -0.1) is 0 Å². The van der Waals surface area contributed by atoms with Crippen LogP contribution < -0.4 is 5.32 Å². The SMILES string of the molecule is CC1CCCC1NC(=O)c1cc[nH]c1. The van der Waals surface area contributed by atoms with E-state index in [1.165, 1.54) is 12.8 Å². The van der Waals surface area contributed by atoms with Crippen molar-refractivity contribution in [3.8, 4) is 0 Å². The summed E-state index contributed by atoms with van der Waals surface area (Å²) in [7, 11) is 0. The van der Waals surface area contributed by atoms with Crippen molar-refractivity contribution in [3.05, 3.63) is 24.0 Å². The first-order valence-corrected chi connectivity index (χ1v) is 5.21. The molecule has 0 radical (unpaired) electrons. The molecule has 2 N–H and O–H groups in total. The molecular formula is C11H16N2O. The van der Waals surface area contributed by atoms with E-state index in [2.05, 4.69) is 17.2 Å². The Hall–Kier alpha value is -1.25. The third kappa shape index (κ3) is 1.81. The first-order chi connectivity index (χ1) is 6.77. The maximum Gasteiger partial charge on any atom is 0.253 e. The summed E-state index contributed by atoms with van der Waals surface area (Å²) in [4.78, 5) is 14.6. The molecule has 0 aliphatic heterocycles. The van der Waals surface area contributed by atoms with Gasteiger partial charge in [0.15, 0.2) is 0 Å². The van der Waals surface area contributed by atoms with Gasteiger partial charge in [-0.1, -0.05) is 13.3 Å². The van der Waals surface area contributed by atoms with Crippen LogP contribution in [0.25, 0.3) is 0 Å². The summed E-state index contributed by atoms with van der Waals surface area (Å²) < 4.78 is 0. The van der Waals surface area contributed by atoms with E-state index in [0.29, 0.717) is 12.0 Å². The molecule has 2 rings (SSSR count). The highest BCUT2D eigenvalue weighted by molar-refractivity contribution is 5.94. The second-order valence-corrected chi connectivity index (χ2v) is 4.09. The van der Waals surface area contributed by atoms with E-state index in [9.17, 15) is 4.79 Å². The summed E-state index contributed by atoms with van der Waals surface area (Å²) in [6, 6.07) is 2.17. The molecule has 1 aliphatic carbocycles. The molecule has 14 heavy (non-hydrogen) atoms. The highest BCUT2D eigenvalue weighted by Crippen LogP contribution is 2.24. The van der Waals surface area contributed by atoms with Gasteiger partial charge in [-0.25, -0.2) is 0 Å². The molecule has 1 aliphatic rings. The zero-order chi connectivity index (χ0) is 9.97. The second kappa shape index (κ2) is 3.86. The molecule has 3 heteroatoms. The lowest BCUT2D eigenvalue weighted by Crippen LogP contribution is -2.36. The minimum atomic E-state index is 0.0463. The van der Waals surface area contributed by atoms with Crippen molar-refractivity contribution in [2.24, 2.45) is 5.92 Å². The Labute approximate surface area is 83.9 Å². The van der Waals surface area contributed by atoms with Crippen LogP contribution in [0.3, 0.4) is 0 Å². The number of hydrogen-bond acceptors (Lipinski definition) is 1. The third-order valence-corrected chi connectivity index (χ3v) is 3.04. The van der Waals surface area contributed by atoms with Gasteiger partial charge in [0, 0.05) is 18.4 Å². The van der Waals surface area contributed by atoms with Crippen LogP contribution in [0.15, 0.2) is 18.5 Å². The third-order valence-electron chi connectivity index (χ3n) is 3.04. The maximum atomic E-state index is 11.7. The Bertz CT molecular complexity index is 305. The molecule has 0 spiro atoms. The average molecular weight is 192 g/mol. The molecule has 76 valence electrons. The zero-order valence-electron chi connectivity index (χ0n) is 8.42. The second-order valence-electron chi connectivity index (χ2n) is 4.09. The molecular weight excluding hydrogens is 176 g/mol. The summed E-state index contributed by atoms with van der Waals surface area (Å²) in [6.45, 7) is 2.20. The average Bonchev–Trinajstić information content (AvgIpc) is 2.77. The number of H-pyrrole nitrogens is 1. The number of hydrogen-bond donors (Lipinski definition) is 2. The Morgan fingerprint density at radius 3 is 3.00 bits per heavy atom. The van der Waals surface area contributed by atoms with Crippen LogP contribution >= 0.6 is 0 Å². The standard InChI is InChI=1S/C11H16N2O/c1-8-3-2-4-10(8)13-11(14)9-5-6-12-7-9/h5-8,10,12H,2-4H2,1H3,(H,13,14). The fraction of sp³-hybridized carbons (Fsp3) is 0.545. The number of nitrogens with one attached hydrogen (secondary N) is 2. The fourth-order valence-electron chi connectivity index (χ4n) is 2.08. The van der Waals surface area contributed by atoms with E-state index in [4.69, 9.17) is 0 Å². The molecule has 0 aromatic carbocycles. The van der Waals surface area contributed by atoms with Gasteiger partial charge in [0.1, 0.15) is 0 Å². The van der Waals surface area contributed by atoms with Crippen LogP contribution in [0.4, 0.5) is 0 Å². The molecule has 0 bridgehead atoms. The highest BCUT2D eigenvalue weighted by Gasteiger charge is 2.24. The Morgan fingerprint density at radius 2 is 2.43 bits per heavy atom. The largest absolute Gasteiger partial charge is 0.367 e. The molecule has 3 nitrogen and oxygen atoms in total. The smallest absolute Gasteiger partial charge is 0.253 e. The van der Waals surface area contributed by atoms with Crippen LogP contribution in [0.5, 0.6) is 0 Å². The van der Waals surface area contributed by atoms with Crippen molar-refractivity contribution in [2.75, 3.05) is 0 Å². The van der Waals surface area contributed by atoms with E-state index >= 15 is 0 Å². The lowest BCUT2D eigenvalue weighted by atomic mass is 10.1.